The predicted octanol–water partition coefficient (Wildman–Crippen LogP) is 1.61. The third-order valence-corrected chi connectivity index (χ3v) is 4.71. The van der Waals surface area contributed by atoms with Gasteiger partial charge in [-0.3, -0.25) is 4.79 Å². The van der Waals surface area contributed by atoms with Gasteiger partial charge >= 0.3 is 0 Å². The van der Waals surface area contributed by atoms with Gasteiger partial charge in [0.25, 0.3) is 5.91 Å². The van der Waals surface area contributed by atoms with Crippen molar-refractivity contribution in [2.75, 3.05) is 24.5 Å². The van der Waals surface area contributed by atoms with E-state index >= 15 is 0 Å². The lowest BCUT2D eigenvalue weighted by Crippen LogP contribution is -2.54. The van der Waals surface area contributed by atoms with Crippen LogP contribution in [0.4, 0.5) is 5.82 Å². The number of piperidine rings is 1. The summed E-state index contributed by atoms with van der Waals surface area (Å²) >= 11 is 1.48. The Morgan fingerprint density at radius 3 is 3.13 bits per heavy atom. The first-order valence-corrected chi connectivity index (χ1v) is 8.56. The van der Waals surface area contributed by atoms with Gasteiger partial charge in [-0.15, -0.1) is 0 Å². The van der Waals surface area contributed by atoms with Gasteiger partial charge < -0.3 is 15.3 Å². The van der Waals surface area contributed by atoms with Gasteiger partial charge in [-0.2, -0.15) is 11.3 Å². The highest BCUT2D eigenvalue weighted by atomic mass is 32.1. The second-order valence-corrected chi connectivity index (χ2v) is 6.74. The molecule has 1 unspecified atom stereocenters. The smallest absolute Gasteiger partial charge is 0.252 e. The number of carbonyl (C=O) groups excluding carboxylic acids is 1. The Balaban J connectivity index is 1.63. The van der Waals surface area contributed by atoms with Crippen molar-refractivity contribution in [3.63, 3.8) is 0 Å². The number of nitrogens with one attached hydrogen (secondary N) is 1. The normalized spacial score (nSPS) is 21.2. The number of aryl methyl sites for hydroxylation is 1. The molecule has 1 amide bonds. The van der Waals surface area contributed by atoms with Crippen molar-refractivity contribution in [1.82, 2.24) is 15.3 Å². The number of hydrogen-bond donors (Lipinski definition) is 2. The SMILES string of the molecule is Cc1cc(N2CCCC(O)(CNC(=O)c3ccsc3)C2)ncn1. The number of carbonyl (C=O) groups is 1. The highest BCUT2D eigenvalue weighted by Crippen LogP contribution is 2.24. The molecular weight excluding hydrogens is 312 g/mol. The average Bonchev–Trinajstić information content (AvgIpc) is 3.07. The monoisotopic (exact) mass is 332 g/mol. The van der Waals surface area contributed by atoms with E-state index in [4.69, 9.17) is 0 Å². The molecule has 122 valence electrons. The second-order valence-electron chi connectivity index (χ2n) is 5.96. The predicted molar refractivity (Wildman–Crippen MR) is 89.8 cm³/mol. The summed E-state index contributed by atoms with van der Waals surface area (Å²) < 4.78 is 0. The summed E-state index contributed by atoms with van der Waals surface area (Å²) in [6.07, 6.45) is 3.06. The number of thiophene rings is 1. The van der Waals surface area contributed by atoms with Crippen molar-refractivity contribution in [3.8, 4) is 0 Å². The molecule has 6 nitrogen and oxygen atoms in total. The van der Waals surface area contributed by atoms with E-state index < -0.39 is 5.60 Å². The third-order valence-electron chi connectivity index (χ3n) is 4.03. The van der Waals surface area contributed by atoms with Crippen LogP contribution in [0.25, 0.3) is 0 Å². The zero-order valence-electron chi connectivity index (χ0n) is 13.0. The molecule has 1 fully saturated rings. The Labute approximate surface area is 139 Å². The first-order chi connectivity index (χ1) is 11.1. The van der Waals surface area contributed by atoms with Crippen LogP contribution in [-0.4, -0.2) is 46.2 Å². The number of rotatable bonds is 4. The molecule has 2 N–H and O–H groups in total. The van der Waals surface area contributed by atoms with E-state index in [0.29, 0.717) is 18.5 Å². The highest BCUT2D eigenvalue weighted by molar-refractivity contribution is 7.08. The Morgan fingerprint density at radius 2 is 2.39 bits per heavy atom. The second kappa shape index (κ2) is 6.64. The number of anilines is 1. The molecule has 3 rings (SSSR count). The molecule has 0 spiro atoms. The number of nitrogens with zero attached hydrogens (tertiary/aromatic N) is 3. The summed E-state index contributed by atoms with van der Waals surface area (Å²) in [6, 6.07) is 3.69. The van der Waals surface area contributed by atoms with E-state index in [2.05, 4.69) is 20.2 Å². The van der Waals surface area contributed by atoms with E-state index in [9.17, 15) is 9.90 Å². The third kappa shape index (κ3) is 3.86. The van der Waals surface area contributed by atoms with Crippen molar-refractivity contribution >= 4 is 23.1 Å². The van der Waals surface area contributed by atoms with Crippen LogP contribution in [0.5, 0.6) is 0 Å². The van der Waals surface area contributed by atoms with Gasteiger partial charge in [-0.05, 0) is 31.2 Å². The summed E-state index contributed by atoms with van der Waals surface area (Å²) in [5.41, 5.74) is 0.593. The van der Waals surface area contributed by atoms with Gasteiger partial charge in [-0.25, -0.2) is 9.97 Å². The van der Waals surface area contributed by atoms with Crippen LogP contribution in [0, 0.1) is 6.92 Å². The molecule has 7 heteroatoms. The Hall–Kier alpha value is -1.99. The van der Waals surface area contributed by atoms with Gasteiger partial charge in [-0.1, -0.05) is 0 Å². The van der Waals surface area contributed by atoms with Gasteiger partial charge in [0.2, 0.25) is 0 Å². The van der Waals surface area contributed by atoms with Crippen LogP contribution in [0.2, 0.25) is 0 Å². The molecular formula is C16H20N4O2S. The van der Waals surface area contributed by atoms with Crippen LogP contribution in [0.15, 0.2) is 29.2 Å². The number of aromatic nitrogens is 2. The maximum atomic E-state index is 12.0. The number of β-amino-alcohol motifs (C(OH)–C–C–N with tert-alkyl or cyclic N) is 1. The van der Waals surface area contributed by atoms with Crippen molar-refractivity contribution in [1.29, 1.82) is 0 Å². The maximum Gasteiger partial charge on any atom is 0.252 e. The van der Waals surface area contributed by atoms with Crippen LogP contribution < -0.4 is 10.2 Å². The lowest BCUT2D eigenvalue weighted by atomic mass is 9.92. The largest absolute Gasteiger partial charge is 0.386 e. The fourth-order valence-corrected chi connectivity index (χ4v) is 3.44. The molecule has 2 aromatic heterocycles. The summed E-state index contributed by atoms with van der Waals surface area (Å²) in [5, 5.41) is 17.3. The summed E-state index contributed by atoms with van der Waals surface area (Å²) in [5.74, 6) is 0.675. The minimum atomic E-state index is -0.942. The van der Waals surface area contributed by atoms with Crippen LogP contribution in [-0.2, 0) is 0 Å². The number of aliphatic hydroxyl groups is 1. The van der Waals surface area contributed by atoms with E-state index in [1.165, 1.54) is 17.7 Å². The Bertz CT molecular complexity index is 676. The zero-order chi connectivity index (χ0) is 16.3. The zero-order valence-corrected chi connectivity index (χ0v) is 13.8. The van der Waals surface area contributed by atoms with Crippen LogP contribution >= 0.6 is 11.3 Å². The topological polar surface area (TPSA) is 78.4 Å². The molecule has 1 atom stereocenters. The van der Waals surface area contributed by atoms with Gasteiger partial charge in [0.05, 0.1) is 5.60 Å². The minimum absolute atomic E-state index is 0.144. The van der Waals surface area contributed by atoms with E-state index in [-0.39, 0.29) is 12.5 Å². The summed E-state index contributed by atoms with van der Waals surface area (Å²) in [4.78, 5) is 22.5. The molecule has 0 saturated carbocycles. The van der Waals surface area contributed by atoms with Crippen molar-refractivity contribution in [2.45, 2.75) is 25.4 Å². The lowest BCUT2D eigenvalue weighted by molar-refractivity contribution is 0.0254. The minimum Gasteiger partial charge on any atom is -0.386 e. The molecule has 3 heterocycles. The molecule has 1 aliphatic rings. The maximum absolute atomic E-state index is 12.0. The highest BCUT2D eigenvalue weighted by Gasteiger charge is 2.34. The van der Waals surface area contributed by atoms with E-state index in [1.54, 1.807) is 11.4 Å². The van der Waals surface area contributed by atoms with Crippen LogP contribution in [0.3, 0.4) is 0 Å². The van der Waals surface area contributed by atoms with Gasteiger partial charge in [0.15, 0.2) is 0 Å². The van der Waals surface area contributed by atoms with Crippen molar-refractivity contribution in [2.24, 2.45) is 0 Å². The molecule has 0 bridgehead atoms. The number of amides is 1. The fourth-order valence-electron chi connectivity index (χ4n) is 2.81. The Morgan fingerprint density at radius 1 is 1.52 bits per heavy atom. The van der Waals surface area contributed by atoms with Crippen LogP contribution in [0.1, 0.15) is 28.9 Å². The standard InChI is InChI=1S/C16H20N4O2S/c1-12-7-14(19-11-18-12)20-5-2-4-16(22,10-20)9-17-15(21)13-3-6-23-8-13/h3,6-8,11,22H,2,4-5,9-10H2,1H3,(H,17,21). The molecule has 0 aliphatic carbocycles. The molecule has 23 heavy (non-hydrogen) atoms. The van der Waals surface area contributed by atoms with Gasteiger partial charge in [0.1, 0.15) is 12.1 Å². The first kappa shape index (κ1) is 15.9. The van der Waals surface area contributed by atoms with Gasteiger partial charge in [0, 0.05) is 42.3 Å². The molecule has 1 saturated heterocycles. The van der Waals surface area contributed by atoms with Crippen molar-refractivity contribution < 1.29 is 9.90 Å². The molecule has 0 radical (unpaired) electrons. The summed E-state index contributed by atoms with van der Waals surface area (Å²) in [7, 11) is 0. The fraction of sp³-hybridized carbons (Fsp3) is 0.438. The number of hydrogen-bond acceptors (Lipinski definition) is 6. The summed E-state index contributed by atoms with van der Waals surface area (Å²) in [6.45, 7) is 3.45. The van der Waals surface area contributed by atoms with Crippen molar-refractivity contribution in [3.05, 3.63) is 40.5 Å². The molecule has 0 aromatic carbocycles. The van der Waals surface area contributed by atoms with E-state index in [0.717, 1.165) is 24.5 Å². The molecule has 2 aromatic rings. The molecule has 1 aliphatic heterocycles. The first-order valence-electron chi connectivity index (χ1n) is 7.62. The van der Waals surface area contributed by atoms with E-state index in [1.807, 2.05) is 18.4 Å². The average molecular weight is 332 g/mol. The Kier molecular flexibility index (Phi) is 4.58. The quantitative estimate of drug-likeness (QED) is 0.889. The lowest BCUT2D eigenvalue weighted by Gasteiger charge is -2.39.